The van der Waals surface area contributed by atoms with Gasteiger partial charge in [0.15, 0.2) is 12.5 Å². The van der Waals surface area contributed by atoms with Crippen LogP contribution in [0.3, 0.4) is 0 Å². The highest BCUT2D eigenvalue weighted by Crippen LogP contribution is 2.40. The van der Waals surface area contributed by atoms with Crippen molar-refractivity contribution in [2.24, 2.45) is 0 Å². The molecule has 170 valence electrons. The molecule has 1 aliphatic heterocycles. The Morgan fingerprint density at radius 2 is 1.24 bits per heavy atom. The Bertz CT molecular complexity index is 418. The van der Waals surface area contributed by atoms with E-state index >= 15 is 0 Å². The lowest BCUT2D eigenvalue weighted by Crippen LogP contribution is -2.36. The van der Waals surface area contributed by atoms with E-state index in [0.29, 0.717) is 0 Å². The van der Waals surface area contributed by atoms with Crippen LogP contribution in [0.25, 0.3) is 0 Å². The van der Waals surface area contributed by atoms with Gasteiger partial charge in [-0.15, -0.1) is 0 Å². The Labute approximate surface area is 183 Å². The molecule has 1 fully saturated rings. The fraction of sp³-hybridized carbons (Fsp3) is 0.923. The molecule has 0 unspecified atom stereocenters. The first kappa shape index (κ1) is 26.8. The summed E-state index contributed by atoms with van der Waals surface area (Å²) in [5, 5.41) is 0. The first-order valence-electron chi connectivity index (χ1n) is 13.2. The van der Waals surface area contributed by atoms with Gasteiger partial charge in [0.25, 0.3) is 0 Å². The van der Waals surface area contributed by atoms with E-state index in [1.165, 1.54) is 89.7 Å². The molecular formula is C26H51BO2. The Morgan fingerprint density at radius 1 is 0.655 bits per heavy atom. The van der Waals surface area contributed by atoms with Gasteiger partial charge in [-0.3, -0.25) is 0 Å². The van der Waals surface area contributed by atoms with Crippen molar-refractivity contribution >= 4 is 6.71 Å². The van der Waals surface area contributed by atoms with Crippen molar-refractivity contribution in [3.8, 4) is 0 Å². The third kappa shape index (κ3) is 9.17. The van der Waals surface area contributed by atoms with E-state index in [0.717, 1.165) is 32.8 Å². The summed E-state index contributed by atoms with van der Waals surface area (Å²) >= 11 is 0. The molecule has 0 aliphatic carbocycles. The van der Waals surface area contributed by atoms with E-state index in [1.807, 2.05) is 0 Å². The van der Waals surface area contributed by atoms with Gasteiger partial charge >= 0.3 is 0 Å². The molecule has 0 N–H and O–H groups in total. The minimum Gasteiger partial charge on any atom is -0.344 e. The van der Waals surface area contributed by atoms with Crippen LogP contribution in [-0.4, -0.2) is 25.7 Å². The quantitative estimate of drug-likeness (QED) is 0.167. The third-order valence-electron chi connectivity index (χ3n) is 6.57. The second-order valence-electron chi connectivity index (χ2n) is 9.10. The van der Waals surface area contributed by atoms with E-state index in [9.17, 15) is 0 Å². The van der Waals surface area contributed by atoms with Crippen LogP contribution in [0.4, 0.5) is 0 Å². The monoisotopic (exact) mass is 406 g/mol. The zero-order valence-corrected chi connectivity index (χ0v) is 20.6. The van der Waals surface area contributed by atoms with Crippen LogP contribution in [0.5, 0.6) is 0 Å². The standard InChI is InChI=1S/C26H51BO2/c1-6-11-15-16-17-24(26(19-10-5)28-22-23-29-26)25(18-12-7-2)27(20-13-8-3)21-14-9-4/h6-23H2,1-5H3/b25-24+. The van der Waals surface area contributed by atoms with Gasteiger partial charge in [-0.2, -0.15) is 0 Å². The summed E-state index contributed by atoms with van der Waals surface area (Å²) in [5.74, 6) is -0.416. The first-order chi connectivity index (χ1) is 14.2. The Morgan fingerprint density at radius 3 is 1.76 bits per heavy atom. The minimum atomic E-state index is -0.416. The summed E-state index contributed by atoms with van der Waals surface area (Å²) in [6.45, 7) is 13.8. The molecule has 0 bridgehead atoms. The number of unbranched alkanes of at least 4 members (excludes halogenated alkanes) is 6. The van der Waals surface area contributed by atoms with Crippen LogP contribution in [0.1, 0.15) is 125 Å². The average Bonchev–Trinajstić information content (AvgIpc) is 3.20. The summed E-state index contributed by atoms with van der Waals surface area (Å²) < 4.78 is 12.9. The van der Waals surface area contributed by atoms with Crippen LogP contribution < -0.4 is 0 Å². The number of ether oxygens (including phenoxy) is 2. The van der Waals surface area contributed by atoms with Gasteiger partial charge in [0.05, 0.1) is 13.2 Å². The predicted octanol–water partition coefficient (Wildman–Crippen LogP) is 8.62. The molecular weight excluding hydrogens is 355 g/mol. The van der Waals surface area contributed by atoms with Gasteiger partial charge < -0.3 is 9.47 Å². The van der Waals surface area contributed by atoms with Crippen molar-refractivity contribution in [2.45, 2.75) is 143 Å². The van der Waals surface area contributed by atoms with E-state index < -0.39 is 5.79 Å². The van der Waals surface area contributed by atoms with Gasteiger partial charge in [-0.1, -0.05) is 117 Å². The Kier molecular flexibility index (Phi) is 15.2. The molecule has 0 aromatic carbocycles. The molecule has 1 rings (SSSR count). The third-order valence-corrected chi connectivity index (χ3v) is 6.57. The zero-order valence-electron chi connectivity index (χ0n) is 20.6. The highest BCUT2D eigenvalue weighted by atomic mass is 16.7. The molecule has 1 aliphatic rings. The maximum Gasteiger partial charge on any atom is 0.190 e. The van der Waals surface area contributed by atoms with E-state index in [2.05, 4.69) is 34.6 Å². The molecule has 29 heavy (non-hydrogen) atoms. The van der Waals surface area contributed by atoms with Crippen LogP contribution in [0.15, 0.2) is 11.0 Å². The van der Waals surface area contributed by atoms with Gasteiger partial charge in [-0.05, 0) is 24.8 Å². The summed E-state index contributed by atoms with van der Waals surface area (Å²) in [6.07, 6.45) is 20.3. The second kappa shape index (κ2) is 16.4. The zero-order chi connectivity index (χ0) is 21.4. The molecule has 0 saturated carbocycles. The van der Waals surface area contributed by atoms with Crippen molar-refractivity contribution in [2.75, 3.05) is 13.2 Å². The molecule has 0 aromatic rings. The summed E-state index contributed by atoms with van der Waals surface area (Å²) in [4.78, 5) is 0. The normalized spacial score (nSPS) is 16.9. The highest BCUT2D eigenvalue weighted by molar-refractivity contribution is 6.66. The lowest BCUT2D eigenvalue weighted by atomic mass is 9.37. The van der Waals surface area contributed by atoms with Crippen LogP contribution in [0.2, 0.25) is 12.6 Å². The number of hydrogen-bond acceptors (Lipinski definition) is 2. The minimum absolute atomic E-state index is 0.416. The maximum absolute atomic E-state index is 6.44. The maximum atomic E-state index is 6.44. The molecule has 1 saturated heterocycles. The lowest BCUT2D eigenvalue weighted by molar-refractivity contribution is -0.133. The van der Waals surface area contributed by atoms with Crippen molar-refractivity contribution in [3.63, 3.8) is 0 Å². The molecule has 0 radical (unpaired) electrons. The van der Waals surface area contributed by atoms with E-state index in [1.54, 1.807) is 11.0 Å². The SMILES string of the molecule is CCCCCC/C(=C(/CCCC)B(CCCC)CCCC)C1(CCC)OCCO1. The number of rotatable bonds is 18. The van der Waals surface area contributed by atoms with Crippen molar-refractivity contribution < 1.29 is 9.47 Å². The average molecular weight is 407 g/mol. The number of hydrogen-bond donors (Lipinski definition) is 0. The smallest absolute Gasteiger partial charge is 0.190 e. The Balaban J connectivity index is 3.31. The molecule has 3 heteroatoms. The van der Waals surface area contributed by atoms with E-state index in [4.69, 9.17) is 9.47 Å². The fourth-order valence-electron chi connectivity index (χ4n) is 4.94. The molecule has 0 aromatic heterocycles. The topological polar surface area (TPSA) is 18.5 Å². The van der Waals surface area contributed by atoms with Crippen molar-refractivity contribution in [3.05, 3.63) is 11.0 Å². The number of allylic oxidation sites excluding steroid dienone is 1. The molecule has 0 spiro atoms. The van der Waals surface area contributed by atoms with Gasteiger partial charge in [0.1, 0.15) is 0 Å². The van der Waals surface area contributed by atoms with Crippen LogP contribution >= 0.6 is 0 Å². The first-order valence-corrected chi connectivity index (χ1v) is 13.2. The molecule has 0 atom stereocenters. The summed E-state index contributed by atoms with van der Waals surface area (Å²) in [7, 11) is 0. The van der Waals surface area contributed by atoms with Crippen LogP contribution in [-0.2, 0) is 9.47 Å². The Hall–Kier alpha value is -0.275. The fourth-order valence-corrected chi connectivity index (χ4v) is 4.94. The second-order valence-corrected chi connectivity index (χ2v) is 9.10. The summed E-state index contributed by atoms with van der Waals surface area (Å²) in [6, 6.07) is 0. The van der Waals surface area contributed by atoms with Gasteiger partial charge in [-0.25, -0.2) is 0 Å². The van der Waals surface area contributed by atoms with Crippen molar-refractivity contribution in [1.29, 1.82) is 0 Å². The van der Waals surface area contributed by atoms with Crippen molar-refractivity contribution in [1.82, 2.24) is 0 Å². The van der Waals surface area contributed by atoms with Crippen LogP contribution in [0, 0.1) is 0 Å². The highest BCUT2D eigenvalue weighted by Gasteiger charge is 2.41. The molecule has 0 amide bonds. The summed E-state index contributed by atoms with van der Waals surface area (Å²) in [5.41, 5.74) is 3.30. The van der Waals surface area contributed by atoms with Gasteiger partial charge in [0.2, 0.25) is 0 Å². The largest absolute Gasteiger partial charge is 0.344 e. The predicted molar refractivity (Wildman–Crippen MR) is 130 cm³/mol. The molecule has 1 heterocycles. The lowest BCUT2D eigenvalue weighted by Gasteiger charge is -2.35. The van der Waals surface area contributed by atoms with Gasteiger partial charge in [0, 0.05) is 6.42 Å². The molecule has 2 nitrogen and oxygen atoms in total. The van der Waals surface area contributed by atoms with E-state index in [-0.39, 0.29) is 0 Å².